The van der Waals surface area contributed by atoms with Gasteiger partial charge in [-0.05, 0) is 49.2 Å². The molecule has 2 aromatic rings. The van der Waals surface area contributed by atoms with Crippen LogP contribution in [0.5, 0.6) is 0 Å². The molecule has 5 heteroatoms. The quantitative estimate of drug-likeness (QED) is 0.859. The highest BCUT2D eigenvalue weighted by molar-refractivity contribution is 6.36. The fraction of sp³-hybridized carbons (Fsp3) is 0.188. The summed E-state index contributed by atoms with van der Waals surface area (Å²) in [6.45, 7) is 4.18. The fourth-order valence-corrected chi connectivity index (χ4v) is 2.34. The first kappa shape index (κ1) is 15.7. The van der Waals surface area contributed by atoms with Crippen LogP contribution in [0.2, 0.25) is 10.0 Å². The molecule has 0 saturated heterocycles. The summed E-state index contributed by atoms with van der Waals surface area (Å²) in [5.41, 5.74) is 3.74. The summed E-state index contributed by atoms with van der Waals surface area (Å²) in [6, 6.07) is 11.0. The Balaban J connectivity index is 1.97. The highest BCUT2D eigenvalue weighted by Crippen LogP contribution is 2.25. The van der Waals surface area contributed by atoms with Crippen molar-refractivity contribution in [1.29, 1.82) is 0 Å². The number of rotatable bonds is 4. The van der Waals surface area contributed by atoms with E-state index in [-0.39, 0.29) is 12.5 Å². The van der Waals surface area contributed by atoms with Gasteiger partial charge < -0.3 is 10.6 Å². The van der Waals surface area contributed by atoms with Crippen molar-refractivity contribution in [3.05, 3.63) is 57.6 Å². The molecule has 110 valence electrons. The van der Waals surface area contributed by atoms with Crippen LogP contribution in [0.4, 0.5) is 11.4 Å². The third kappa shape index (κ3) is 4.38. The Hall–Kier alpha value is -1.71. The normalized spacial score (nSPS) is 10.3. The van der Waals surface area contributed by atoms with Gasteiger partial charge in [-0.1, -0.05) is 35.3 Å². The van der Waals surface area contributed by atoms with E-state index in [9.17, 15) is 4.79 Å². The van der Waals surface area contributed by atoms with E-state index in [4.69, 9.17) is 23.2 Å². The Morgan fingerprint density at radius 3 is 2.52 bits per heavy atom. The number of hydrogen-bond donors (Lipinski definition) is 2. The van der Waals surface area contributed by atoms with E-state index in [0.29, 0.717) is 15.7 Å². The maximum Gasteiger partial charge on any atom is 0.243 e. The van der Waals surface area contributed by atoms with Crippen LogP contribution in [0.1, 0.15) is 11.1 Å². The third-order valence-electron chi connectivity index (χ3n) is 3.04. The Kier molecular flexibility index (Phi) is 5.10. The monoisotopic (exact) mass is 322 g/mol. The van der Waals surface area contributed by atoms with E-state index in [2.05, 4.69) is 10.6 Å². The zero-order chi connectivity index (χ0) is 15.4. The molecule has 2 rings (SSSR count). The molecule has 2 aromatic carbocycles. The predicted octanol–water partition coefficient (Wildman–Crippen LogP) is 4.66. The predicted molar refractivity (Wildman–Crippen MR) is 89.5 cm³/mol. The first-order valence-corrected chi connectivity index (χ1v) is 7.27. The molecule has 0 radical (unpaired) electrons. The Bertz CT molecular complexity index is 671. The van der Waals surface area contributed by atoms with Crippen LogP contribution >= 0.6 is 23.2 Å². The van der Waals surface area contributed by atoms with E-state index in [0.717, 1.165) is 16.8 Å². The summed E-state index contributed by atoms with van der Waals surface area (Å²) in [7, 11) is 0. The Morgan fingerprint density at radius 1 is 1.05 bits per heavy atom. The molecule has 0 unspecified atom stereocenters. The van der Waals surface area contributed by atoms with E-state index in [1.807, 2.05) is 32.0 Å². The highest BCUT2D eigenvalue weighted by atomic mass is 35.5. The van der Waals surface area contributed by atoms with Gasteiger partial charge in [0.15, 0.2) is 0 Å². The molecule has 0 aliphatic rings. The zero-order valence-electron chi connectivity index (χ0n) is 11.8. The van der Waals surface area contributed by atoms with Crippen molar-refractivity contribution in [2.24, 2.45) is 0 Å². The zero-order valence-corrected chi connectivity index (χ0v) is 13.3. The Labute approximate surface area is 134 Å². The molecule has 0 aliphatic heterocycles. The van der Waals surface area contributed by atoms with Gasteiger partial charge in [0.2, 0.25) is 5.91 Å². The van der Waals surface area contributed by atoms with Crippen molar-refractivity contribution in [1.82, 2.24) is 0 Å². The highest BCUT2D eigenvalue weighted by Gasteiger charge is 2.07. The molecular formula is C16H16Cl2N2O. The van der Waals surface area contributed by atoms with Gasteiger partial charge in [0.1, 0.15) is 0 Å². The van der Waals surface area contributed by atoms with Crippen molar-refractivity contribution in [3.63, 3.8) is 0 Å². The number of aryl methyl sites for hydroxylation is 2. The van der Waals surface area contributed by atoms with Gasteiger partial charge >= 0.3 is 0 Å². The van der Waals surface area contributed by atoms with Crippen molar-refractivity contribution in [2.75, 3.05) is 17.2 Å². The summed E-state index contributed by atoms with van der Waals surface area (Å²) in [5.74, 6) is -0.167. The second kappa shape index (κ2) is 6.83. The lowest BCUT2D eigenvalue weighted by Gasteiger charge is -2.11. The lowest BCUT2D eigenvalue weighted by molar-refractivity contribution is -0.114. The van der Waals surface area contributed by atoms with E-state index >= 15 is 0 Å². The summed E-state index contributed by atoms with van der Waals surface area (Å²) < 4.78 is 0. The Morgan fingerprint density at radius 2 is 1.81 bits per heavy atom. The van der Waals surface area contributed by atoms with Gasteiger partial charge in [0.25, 0.3) is 0 Å². The van der Waals surface area contributed by atoms with Gasteiger partial charge in [-0.3, -0.25) is 4.79 Å². The average Bonchev–Trinajstić information content (AvgIpc) is 2.43. The molecular weight excluding hydrogens is 307 g/mol. The molecule has 0 atom stereocenters. The molecule has 0 aliphatic carbocycles. The van der Waals surface area contributed by atoms with Crippen LogP contribution in [0.3, 0.4) is 0 Å². The topological polar surface area (TPSA) is 41.1 Å². The number of anilines is 2. The average molecular weight is 323 g/mol. The summed E-state index contributed by atoms with van der Waals surface area (Å²) >= 11 is 11.8. The van der Waals surface area contributed by atoms with Gasteiger partial charge in [0, 0.05) is 10.7 Å². The van der Waals surface area contributed by atoms with Crippen LogP contribution in [-0.2, 0) is 4.79 Å². The minimum absolute atomic E-state index is 0.167. The molecule has 0 saturated carbocycles. The van der Waals surface area contributed by atoms with E-state index in [1.54, 1.807) is 18.2 Å². The molecule has 0 aromatic heterocycles. The van der Waals surface area contributed by atoms with Crippen LogP contribution in [0.25, 0.3) is 0 Å². The largest absolute Gasteiger partial charge is 0.376 e. The maximum atomic E-state index is 12.0. The molecule has 2 N–H and O–H groups in total. The molecule has 0 bridgehead atoms. The van der Waals surface area contributed by atoms with Crippen molar-refractivity contribution >= 4 is 40.5 Å². The van der Waals surface area contributed by atoms with Gasteiger partial charge in [0.05, 0.1) is 17.3 Å². The van der Waals surface area contributed by atoms with Crippen molar-refractivity contribution < 1.29 is 4.79 Å². The lowest BCUT2D eigenvalue weighted by Crippen LogP contribution is -2.22. The van der Waals surface area contributed by atoms with Crippen molar-refractivity contribution in [3.8, 4) is 0 Å². The summed E-state index contributed by atoms with van der Waals surface area (Å²) in [6.07, 6.45) is 0. The van der Waals surface area contributed by atoms with E-state index in [1.165, 1.54) is 0 Å². The molecule has 3 nitrogen and oxygen atoms in total. The SMILES string of the molecule is Cc1ccc(C)c(NCC(=O)Nc2ccc(Cl)cc2Cl)c1. The van der Waals surface area contributed by atoms with Crippen molar-refractivity contribution in [2.45, 2.75) is 13.8 Å². The number of hydrogen-bond acceptors (Lipinski definition) is 2. The summed E-state index contributed by atoms with van der Waals surface area (Å²) in [4.78, 5) is 12.0. The smallest absolute Gasteiger partial charge is 0.243 e. The number of carbonyl (C=O) groups excluding carboxylic acids is 1. The minimum Gasteiger partial charge on any atom is -0.376 e. The molecule has 21 heavy (non-hydrogen) atoms. The molecule has 0 heterocycles. The first-order chi connectivity index (χ1) is 9.95. The first-order valence-electron chi connectivity index (χ1n) is 6.52. The number of amides is 1. The molecule has 0 fully saturated rings. The number of benzene rings is 2. The minimum atomic E-state index is -0.167. The van der Waals surface area contributed by atoms with Crippen LogP contribution < -0.4 is 10.6 Å². The molecule has 1 amide bonds. The fourth-order valence-electron chi connectivity index (χ4n) is 1.89. The second-order valence-electron chi connectivity index (χ2n) is 4.84. The van der Waals surface area contributed by atoms with Crippen LogP contribution in [0, 0.1) is 13.8 Å². The lowest BCUT2D eigenvalue weighted by atomic mass is 10.1. The second-order valence-corrected chi connectivity index (χ2v) is 5.69. The van der Waals surface area contributed by atoms with Gasteiger partial charge in [-0.25, -0.2) is 0 Å². The van der Waals surface area contributed by atoms with E-state index < -0.39 is 0 Å². The number of carbonyl (C=O) groups is 1. The van der Waals surface area contributed by atoms with Gasteiger partial charge in [-0.2, -0.15) is 0 Å². The number of halogens is 2. The van der Waals surface area contributed by atoms with Crippen LogP contribution in [-0.4, -0.2) is 12.5 Å². The van der Waals surface area contributed by atoms with Gasteiger partial charge in [-0.15, -0.1) is 0 Å². The summed E-state index contributed by atoms with van der Waals surface area (Å²) in [5, 5.41) is 6.83. The number of nitrogens with one attached hydrogen (secondary N) is 2. The maximum absolute atomic E-state index is 12.0. The standard InChI is InChI=1S/C16H16Cl2N2O/c1-10-3-4-11(2)15(7-10)19-9-16(21)20-14-6-5-12(17)8-13(14)18/h3-8,19H,9H2,1-2H3,(H,20,21). The van der Waals surface area contributed by atoms with Crippen LogP contribution in [0.15, 0.2) is 36.4 Å². The molecule has 0 spiro atoms. The third-order valence-corrected chi connectivity index (χ3v) is 3.59.